The highest BCUT2D eigenvalue weighted by Crippen LogP contribution is 2.11. The van der Waals surface area contributed by atoms with Crippen molar-refractivity contribution in [3.05, 3.63) is 35.4 Å². The Morgan fingerprint density at radius 2 is 2.23 bits per heavy atom. The standard InChI is InChI=1S/C14H20N2O4S.ClH/c1-20-14(17)12-5-2-4-11(8-12)10-21(18,19)16-13-6-3-7-15-9-13;/h2,4-5,8,13,15-16H,3,6-7,9-10H2,1H3;1H/t13-;/m0./s1. The zero-order valence-electron chi connectivity index (χ0n) is 12.4. The van der Waals surface area contributed by atoms with Crippen LogP contribution in [0.15, 0.2) is 24.3 Å². The van der Waals surface area contributed by atoms with Crippen molar-refractivity contribution in [1.29, 1.82) is 0 Å². The Hall–Kier alpha value is -1.15. The van der Waals surface area contributed by atoms with Gasteiger partial charge in [-0.05, 0) is 37.1 Å². The number of esters is 1. The zero-order chi connectivity index (χ0) is 15.3. The summed E-state index contributed by atoms with van der Waals surface area (Å²) < 4.78 is 31.7. The van der Waals surface area contributed by atoms with Crippen LogP contribution in [0.2, 0.25) is 0 Å². The molecule has 22 heavy (non-hydrogen) atoms. The molecule has 0 aromatic heterocycles. The Bertz CT molecular complexity index is 601. The normalized spacial score (nSPS) is 18.3. The van der Waals surface area contributed by atoms with Crippen molar-refractivity contribution >= 4 is 28.4 Å². The second-order valence-electron chi connectivity index (χ2n) is 5.11. The number of rotatable bonds is 5. The molecule has 6 nitrogen and oxygen atoms in total. The van der Waals surface area contributed by atoms with Crippen molar-refractivity contribution in [3.63, 3.8) is 0 Å². The Morgan fingerprint density at radius 1 is 1.45 bits per heavy atom. The number of methoxy groups -OCH3 is 1. The molecule has 0 spiro atoms. The van der Waals surface area contributed by atoms with Gasteiger partial charge in [0.15, 0.2) is 0 Å². The first-order chi connectivity index (χ1) is 10.00. The summed E-state index contributed by atoms with van der Waals surface area (Å²) >= 11 is 0. The van der Waals surface area contributed by atoms with Gasteiger partial charge in [-0.25, -0.2) is 17.9 Å². The Balaban J connectivity index is 0.00000242. The summed E-state index contributed by atoms with van der Waals surface area (Å²) in [6.07, 6.45) is 1.81. The highest BCUT2D eigenvalue weighted by molar-refractivity contribution is 7.88. The van der Waals surface area contributed by atoms with E-state index < -0.39 is 16.0 Å². The van der Waals surface area contributed by atoms with Crippen LogP contribution < -0.4 is 10.0 Å². The molecular formula is C14H21ClN2O4S. The van der Waals surface area contributed by atoms with Crippen LogP contribution in [-0.2, 0) is 20.5 Å². The minimum absolute atomic E-state index is 0. The number of carbonyl (C=O) groups excluding carboxylic acids is 1. The molecule has 0 unspecified atom stereocenters. The molecule has 1 saturated heterocycles. The number of carbonyl (C=O) groups is 1. The molecule has 124 valence electrons. The molecule has 1 aliphatic rings. The van der Waals surface area contributed by atoms with Gasteiger partial charge in [0, 0.05) is 12.6 Å². The third-order valence-electron chi connectivity index (χ3n) is 3.35. The fraction of sp³-hybridized carbons (Fsp3) is 0.500. The highest BCUT2D eigenvalue weighted by Gasteiger charge is 2.20. The summed E-state index contributed by atoms with van der Waals surface area (Å²) in [6, 6.07) is 6.42. The number of benzene rings is 1. The largest absolute Gasteiger partial charge is 0.465 e. The molecule has 1 aromatic rings. The van der Waals surface area contributed by atoms with E-state index in [1.165, 1.54) is 7.11 Å². The van der Waals surface area contributed by atoms with Gasteiger partial charge in [-0.3, -0.25) is 0 Å². The van der Waals surface area contributed by atoms with Crippen molar-refractivity contribution < 1.29 is 17.9 Å². The summed E-state index contributed by atoms with van der Waals surface area (Å²) in [4.78, 5) is 11.5. The van der Waals surface area contributed by atoms with Gasteiger partial charge in [-0.15, -0.1) is 12.4 Å². The van der Waals surface area contributed by atoms with Crippen molar-refractivity contribution in [2.24, 2.45) is 0 Å². The SMILES string of the molecule is COC(=O)c1cccc(CS(=O)(=O)N[C@H]2CCCNC2)c1.Cl. The maximum Gasteiger partial charge on any atom is 0.337 e. The Labute approximate surface area is 137 Å². The van der Waals surface area contributed by atoms with Crippen LogP contribution in [0.25, 0.3) is 0 Å². The molecule has 1 atom stereocenters. The number of hydrogen-bond donors (Lipinski definition) is 2. The first-order valence-electron chi connectivity index (χ1n) is 6.88. The van der Waals surface area contributed by atoms with Gasteiger partial charge in [-0.2, -0.15) is 0 Å². The van der Waals surface area contributed by atoms with E-state index in [9.17, 15) is 13.2 Å². The lowest BCUT2D eigenvalue weighted by molar-refractivity contribution is 0.0600. The monoisotopic (exact) mass is 348 g/mol. The van der Waals surface area contributed by atoms with Gasteiger partial charge < -0.3 is 10.1 Å². The molecule has 0 aliphatic carbocycles. The van der Waals surface area contributed by atoms with Crippen molar-refractivity contribution in [2.75, 3.05) is 20.2 Å². The Kier molecular flexibility index (Phi) is 7.28. The summed E-state index contributed by atoms with van der Waals surface area (Å²) in [7, 11) is -2.13. The summed E-state index contributed by atoms with van der Waals surface area (Å²) in [5.41, 5.74) is 0.915. The van der Waals surface area contributed by atoms with E-state index in [2.05, 4.69) is 14.8 Å². The molecule has 8 heteroatoms. The Morgan fingerprint density at radius 3 is 2.86 bits per heavy atom. The number of nitrogens with one attached hydrogen (secondary N) is 2. The predicted molar refractivity (Wildman–Crippen MR) is 86.7 cm³/mol. The smallest absolute Gasteiger partial charge is 0.337 e. The molecule has 2 N–H and O–H groups in total. The van der Waals surface area contributed by atoms with Gasteiger partial charge >= 0.3 is 5.97 Å². The molecule has 1 heterocycles. The quantitative estimate of drug-likeness (QED) is 0.777. The lowest BCUT2D eigenvalue weighted by atomic mass is 10.1. The van der Waals surface area contributed by atoms with Gasteiger partial charge in [-0.1, -0.05) is 12.1 Å². The molecule has 0 saturated carbocycles. The topological polar surface area (TPSA) is 84.5 Å². The van der Waals surface area contributed by atoms with E-state index in [0.717, 1.165) is 19.4 Å². The van der Waals surface area contributed by atoms with Crippen LogP contribution in [0, 0.1) is 0 Å². The number of sulfonamides is 1. The molecule has 0 bridgehead atoms. The van der Waals surface area contributed by atoms with Crippen molar-refractivity contribution in [3.8, 4) is 0 Å². The first-order valence-corrected chi connectivity index (χ1v) is 8.53. The summed E-state index contributed by atoms with van der Waals surface area (Å²) in [5.74, 6) is -0.618. The third kappa shape index (κ3) is 5.57. The van der Waals surface area contributed by atoms with Gasteiger partial charge in [0.2, 0.25) is 10.0 Å². The molecule has 1 aromatic carbocycles. The fourth-order valence-electron chi connectivity index (χ4n) is 2.37. The molecule has 0 radical (unpaired) electrons. The van der Waals surface area contributed by atoms with Crippen LogP contribution >= 0.6 is 12.4 Å². The van der Waals surface area contributed by atoms with Crippen LogP contribution in [0.4, 0.5) is 0 Å². The first kappa shape index (κ1) is 18.9. The van der Waals surface area contributed by atoms with Crippen LogP contribution in [0.3, 0.4) is 0 Å². The summed E-state index contributed by atoms with van der Waals surface area (Å²) in [6.45, 7) is 1.58. The van der Waals surface area contributed by atoms with Crippen molar-refractivity contribution in [1.82, 2.24) is 10.0 Å². The minimum Gasteiger partial charge on any atom is -0.465 e. The second-order valence-corrected chi connectivity index (χ2v) is 6.87. The van der Waals surface area contributed by atoms with E-state index >= 15 is 0 Å². The molecule has 2 rings (SSSR count). The van der Waals surface area contributed by atoms with Crippen LogP contribution in [0.1, 0.15) is 28.8 Å². The lowest BCUT2D eigenvalue weighted by Crippen LogP contribution is -2.45. The van der Waals surface area contributed by atoms with E-state index in [0.29, 0.717) is 17.7 Å². The van der Waals surface area contributed by atoms with E-state index in [1.54, 1.807) is 24.3 Å². The molecule has 1 fully saturated rings. The fourth-order valence-corrected chi connectivity index (χ4v) is 3.78. The summed E-state index contributed by atoms with van der Waals surface area (Å²) in [5, 5.41) is 3.16. The maximum atomic E-state index is 12.2. The predicted octanol–water partition coefficient (Wildman–Crippen LogP) is 1.07. The van der Waals surface area contributed by atoms with E-state index in [1.807, 2.05) is 0 Å². The molecule has 1 aliphatic heterocycles. The maximum absolute atomic E-state index is 12.2. The number of ether oxygens (including phenoxy) is 1. The minimum atomic E-state index is -3.43. The molecule has 0 amide bonds. The average Bonchev–Trinajstić information content (AvgIpc) is 2.46. The zero-order valence-corrected chi connectivity index (χ0v) is 14.0. The van der Waals surface area contributed by atoms with E-state index in [-0.39, 0.29) is 24.2 Å². The van der Waals surface area contributed by atoms with Crippen molar-refractivity contribution in [2.45, 2.75) is 24.6 Å². The van der Waals surface area contributed by atoms with Gasteiger partial charge in [0.1, 0.15) is 0 Å². The van der Waals surface area contributed by atoms with Crippen LogP contribution in [-0.4, -0.2) is 40.6 Å². The van der Waals surface area contributed by atoms with Crippen LogP contribution in [0.5, 0.6) is 0 Å². The highest BCUT2D eigenvalue weighted by atomic mass is 35.5. The molecular weight excluding hydrogens is 328 g/mol. The van der Waals surface area contributed by atoms with E-state index in [4.69, 9.17) is 0 Å². The number of halogens is 1. The second kappa shape index (κ2) is 8.47. The lowest BCUT2D eigenvalue weighted by Gasteiger charge is -2.23. The number of hydrogen-bond acceptors (Lipinski definition) is 5. The van der Waals surface area contributed by atoms with Gasteiger partial charge in [0.25, 0.3) is 0 Å². The van der Waals surface area contributed by atoms with Gasteiger partial charge in [0.05, 0.1) is 18.4 Å². The third-order valence-corrected chi connectivity index (χ3v) is 4.75. The number of piperidine rings is 1. The average molecular weight is 349 g/mol.